The predicted octanol–water partition coefficient (Wildman–Crippen LogP) is 0.292. The number of rotatable bonds is 7. The van der Waals surface area contributed by atoms with E-state index in [0.29, 0.717) is 18.8 Å². The summed E-state index contributed by atoms with van der Waals surface area (Å²) in [7, 11) is 0. The van der Waals surface area contributed by atoms with E-state index in [-0.39, 0.29) is 6.61 Å². The zero-order chi connectivity index (χ0) is 14.7. The number of aliphatic hydroxyl groups is 2. The van der Waals surface area contributed by atoms with Crippen LogP contribution in [0, 0.1) is 0 Å². The van der Waals surface area contributed by atoms with Gasteiger partial charge in [0.05, 0.1) is 45.7 Å². The highest BCUT2D eigenvalue weighted by atomic mass is 16.6. The van der Waals surface area contributed by atoms with Crippen LogP contribution in [0.25, 0.3) is 0 Å². The van der Waals surface area contributed by atoms with Crippen LogP contribution in [0.5, 0.6) is 0 Å². The van der Waals surface area contributed by atoms with Crippen LogP contribution >= 0.6 is 0 Å². The van der Waals surface area contributed by atoms with Gasteiger partial charge in [-0.3, -0.25) is 0 Å². The molecule has 5 rings (SSSR count). The second-order valence-electron chi connectivity index (χ2n) is 5.41. The van der Waals surface area contributed by atoms with Crippen LogP contribution in [0.4, 0.5) is 11.4 Å². The summed E-state index contributed by atoms with van der Waals surface area (Å²) in [5.74, 6) is 0. The monoisotopic (exact) mass is 295 g/mol. The van der Waals surface area contributed by atoms with Gasteiger partial charge in [0.15, 0.2) is 0 Å². The summed E-state index contributed by atoms with van der Waals surface area (Å²) in [6.07, 6.45) is 0.135. The molecule has 0 aliphatic carbocycles. The Bertz CT molecular complexity index is 422. The van der Waals surface area contributed by atoms with Gasteiger partial charge in [0.25, 0.3) is 0 Å². The summed E-state index contributed by atoms with van der Waals surface area (Å²) in [5, 5.41) is 17.8. The van der Waals surface area contributed by atoms with Crippen LogP contribution < -0.4 is 4.90 Å². The molecular formula is C15H21NO5. The number of hydrogen-bond donors (Lipinski definition) is 2. The molecule has 0 amide bonds. The molecule has 2 fully saturated rings. The van der Waals surface area contributed by atoms with Crippen molar-refractivity contribution < 1.29 is 24.4 Å². The first-order chi connectivity index (χ1) is 10.3. The second-order valence-corrected chi connectivity index (χ2v) is 5.41. The Labute approximate surface area is 123 Å². The molecule has 0 aromatic heterocycles. The number of hydrogen-bond acceptors (Lipinski definition) is 6. The van der Waals surface area contributed by atoms with E-state index in [1.165, 1.54) is 0 Å². The van der Waals surface area contributed by atoms with Crippen LogP contribution in [0.3, 0.4) is 0 Å². The van der Waals surface area contributed by atoms with Crippen LogP contribution in [-0.2, 0) is 14.2 Å². The molecule has 3 unspecified atom stereocenters. The van der Waals surface area contributed by atoms with Crippen LogP contribution in [0.2, 0.25) is 0 Å². The number of anilines is 2. The number of nitrogens with zero attached hydrogens (tertiary/aromatic N) is 1. The van der Waals surface area contributed by atoms with Crippen molar-refractivity contribution in [1.82, 2.24) is 0 Å². The average Bonchev–Trinajstić information content (AvgIpc) is 3.40. The largest absolute Gasteiger partial charge is 0.394 e. The smallest absolute Gasteiger partial charge is 0.104 e. The lowest BCUT2D eigenvalue weighted by molar-refractivity contribution is 0.101. The number of epoxide rings is 2. The predicted molar refractivity (Wildman–Crippen MR) is 76.8 cm³/mol. The third-order valence-electron chi connectivity index (χ3n) is 3.47. The van der Waals surface area contributed by atoms with Crippen molar-refractivity contribution in [2.75, 3.05) is 44.5 Å². The van der Waals surface area contributed by atoms with Gasteiger partial charge >= 0.3 is 0 Å². The molecule has 6 heteroatoms. The van der Waals surface area contributed by atoms with E-state index < -0.39 is 6.10 Å². The van der Waals surface area contributed by atoms with E-state index >= 15 is 0 Å². The summed E-state index contributed by atoms with van der Waals surface area (Å²) >= 11 is 0. The van der Waals surface area contributed by atoms with Gasteiger partial charge in [-0.2, -0.15) is 0 Å². The molecule has 2 N–H and O–H groups in total. The van der Waals surface area contributed by atoms with Gasteiger partial charge in [0.2, 0.25) is 0 Å². The molecule has 21 heavy (non-hydrogen) atoms. The van der Waals surface area contributed by atoms with Gasteiger partial charge in [-0.1, -0.05) is 6.07 Å². The number of aliphatic hydroxyl groups excluding tert-OH is 2. The summed E-state index contributed by atoms with van der Waals surface area (Å²) in [5.41, 5.74) is 2.22. The van der Waals surface area contributed by atoms with E-state index in [9.17, 15) is 5.11 Å². The minimum atomic E-state index is -0.649. The molecule has 0 radical (unpaired) electrons. The highest BCUT2D eigenvalue weighted by Gasteiger charge is 2.26. The fraction of sp³-hybridized carbons (Fsp3) is 0.600. The fourth-order valence-electron chi connectivity index (χ4n) is 2.05. The number of benzene rings is 1. The molecule has 0 spiro atoms. The van der Waals surface area contributed by atoms with Crippen molar-refractivity contribution in [3.8, 4) is 0 Å². The first-order valence-corrected chi connectivity index (χ1v) is 7.23. The van der Waals surface area contributed by atoms with Crippen molar-refractivity contribution in [3.05, 3.63) is 24.3 Å². The molecule has 0 saturated carbocycles. The minimum absolute atomic E-state index is 0.180. The molecule has 116 valence electrons. The lowest BCUT2D eigenvalue weighted by atomic mass is 10.1. The van der Waals surface area contributed by atoms with Gasteiger partial charge in [-0.25, -0.2) is 0 Å². The maximum absolute atomic E-state index is 9.18. The van der Waals surface area contributed by atoms with E-state index in [1.807, 2.05) is 29.2 Å². The van der Waals surface area contributed by atoms with Crippen molar-refractivity contribution in [2.24, 2.45) is 0 Å². The fourth-order valence-corrected chi connectivity index (χ4v) is 2.05. The third kappa shape index (κ3) is 4.39. The first-order valence-electron chi connectivity index (χ1n) is 7.23. The SMILES string of the molecule is C(OCC1CO1)C1CO1.OCC(O)CN1c2cccc1c2. The summed E-state index contributed by atoms with van der Waals surface area (Å²) in [6, 6.07) is 7.99. The lowest BCUT2D eigenvalue weighted by Crippen LogP contribution is -2.34. The van der Waals surface area contributed by atoms with Crippen LogP contribution in [-0.4, -0.2) is 68.1 Å². The van der Waals surface area contributed by atoms with Gasteiger partial charge < -0.3 is 29.3 Å². The zero-order valence-electron chi connectivity index (χ0n) is 11.9. The van der Waals surface area contributed by atoms with Crippen molar-refractivity contribution in [1.29, 1.82) is 0 Å². The molecule has 1 aromatic rings. The Morgan fingerprint density at radius 3 is 2.19 bits per heavy atom. The molecule has 4 heterocycles. The highest BCUT2D eigenvalue weighted by molar-refractivity contribution is 5.76. The number of ether oxygens (including phenoxy) is 3. The van der Waals surface area contributed by atoms with E-state index in [2.05, 4.69) is 0 Å². The second kappa shape index (κ2) is 6.72. The Hall–Kier alpha value is -1.18. The highest BCUT2D eigenvalue weighted by Crippen LogP contribution is 2.36. The van der Waals surface area contributed by atoms with E-state index in [4.69, 9.17) is 19.3 Å². The molecular weight excluding hydrogens is 274 g/mol. The van der Waals surface area contributed by atoms with Crippen molar-refractivity contribution in [3.63, 3.8) is 0 Å². The van der Waals surface area contributed by atoms with Gasteiger partial charge in [-0.15, -0.1) is 0 Å². The van der Waals surface area contributed by atoms with Crippen molar-refractivity contribution >= 4 is 11.4 Å². The first kappa shape index (κ1) is 14.7. The molecule has 2 saturated heterocycles. The average molecular weight is 295 g/mol. The van der Waals surface area contributed by atoms with Crippen LogP contribution in [0.15, 0.2) is 24.3 Å². The van der Waals surface area contributed by atoms with Gasteiger partial charge in [-0.05, 0) is 18.2 Å². The molecule has 1 aromatic carbocycles. The Morgan fingerprint density at radius 1 is 1.19 bits per heavy atom. The van der Waals surface area contributed by atoms with Gasteiger partial charge in [0, 0.05) is 11.4 Å². The van der Waals surface area contributed by atoms with Crippen LogP contribution in [0.1, 0.15) is 0 Å². The third-order valence-corrected chi connectivity index (χ3v) is 3.47. The zero-order valence-corrected chi connectivity index (χ0v) is 11.9. The summed E-state index contributed by atoms with van der Waals surface area (Å²) in [6.45, 7) is 3.57. The topological polar surface area (TPSA) is 78.0 Å². The summed E-state index contributed by atoms with van der Waals surface area (Å²) < 4.78 is 15.1. The molecule has 6 nitrogen and oxygen atoms in total. The quantitative estimate of drug-likeness (QED) is 0.704. The molecule has 2 bridgehead atoms. The Morgan fingerprint density at radius 2 is 1.76 bits per heavy atom. The van der Waals surface area contributed by atoms with Gasteiger partial charge in [0.1, 0.15) is 12.2 Å². The summed E-state index contributed by atoms with van der Waals surface area (Å²) in [4.78, 5) is 1.99. The molecule has 4 aliphatic heterocycles. The maximum Gasteiger partial charge on any atom is 0.104 e. The number of fused-ring (bicyclic) bond motifs is 2. The standard InChI is InChI=1S/C9H11NO2.C6H10O3/c11-6-9(12)5-10-7-2-1-3-8(10)4-7;1(5-3-8-5)7-2-6-4-9-6/h1-4,9,11-12H,5-6H2;5-6H,1-4H2. The molecule has 3 atom stereocenters. The normalized spacial score (nSPS) is 25.5. The molecule has 4 aliphatic rings. The lowest BCUT2D eigenvalue weighted by Gasteiger charge is -2.34. The Balaban J connectivity index is 0.000000131. The van der Waals surface area contributed by atoms with E-state index in [1.54, 1.807) is 0 Å². The minimum Gasteiger partial charge on any atom is -0.394 e. The maximum atomic E-state index is 9.18. The van der Waals surface area contributed by atoms with E-state index in [0.717, 1.165) is 37.8 Å². The Kier molecular flexibility index (Phi) is 4.72. The van der Waals surface area contributed by atoms with Crippen molar-refractivity contribution in [2.45, 2.75) is 18.3 Å².